The Morgan fingerprint density at radius 3 is 2.95 bits per heavy atom. The lowest BCUT2D eigenvalue weighted by Gasteiger charge is -2.35. The number of likely N-dealkylation sites (tertiary alicyclic amines) is 1. The monoisotopic (exact) mass is 285 g/mol. The van der Waals surface area contributed by atoms with Gasteiger partial charge < -0.3 is 5.11 Å². The normalized spacial score (nSPS) is 20.0. The highest BCUT2D eigenvalue weighted by Crippen LogP contribution is 2.22. The molecule has 1 unspecified atom stereocenters. The molecule has 4 heteroatoms. The Morgan fingerprint density at radius 2 is 2.10 bits per heavy atom. The second-order valence-electron chi connectivity index (χ2n) is 5.87. The fourth-order valence-corrected chi connectivity index (χ4v) is 3.29. The van der Waals surface area contributed by atoms with Gasteiger partial charge in [-0.25, -0.2) is 9.97 Å². The third-order valence-corrected chi connectivity index (χ3v) is 4.40. The number of piperidine rings is 1. The summed E-state index contributed by atoms with van der Waals surface area (Å²) in [7, 11) is 0. The van der Waals surface area contributed by atoms with Crippen molar-refractivity contribution < 1.29 is 5.11 Å². The molecule has 3 rings (SSSR count). The molecule has 1 aliphatic heterocycles. The van der Waals surface area contributed by atoms with Gasteiger partial charge in [0.05, 0.1) is 12.1 Å². The van der Waals surface area contributed by atoms with Crippen LogP contribution in [0.4, 0.5) is 0 Å². The van der Waals surface area contributed by atoms with Gasteiger partial charge in [0.15, 0.2) is 0 Å². The van der Waals surface area contributed by atoms with Gasteiger partial charge in [0.2, 0.25) is 0 Å². The minimum Gasteiger partial charge on any atom is -0.396 e. The van der Waals surface area contributed by atoms with Crippen molar-refractivity contribution in [2.45, 2.75) is 45.2 Å². The lowest BCUT2D eigenvalue weighted by atomic mass is 9.99. The Kier molecular flexibility index (Phi) is 4.46. The fraction of sp³-hybridized carbons (Fsp3) is 0.529. The van der Waals surface area contributed by atoms with Crippen LogP contribution in [0.15, 0.2) is 24.3 Å². The quantitative estimate of drug-likeness (QED) is 0.938. The van der Waals surface area contributed by atoms with E-state index in [9.17, 15) is 5.11 Å². The fourth-order valence-electron chi connectivity index (χ4n) is 3.29. The molecule has 0 amide bonds. The molecule has 21 heavy (non-hydrogen) atoms. The first kappa shape index (κ1) is 14.4. The zero-order chi connectivity index (χ0) is 14.7. The molecule has 2 aromatic rings. The molecule has 2 heterocycles. The van der Waals surface area contributed by atoms with Crippen molar-refractivity contribution in [2.75, 3.05) is 13.2 Å². The van der Waals surface area contributed by atoms with Gasteiger partial charge in [-0.2, -0.15) is 0 Å². The van der Waals surface area contributed by atoms with E-state index in [1.807, 2.05) is 12.1 Å². The Labute approximate surface area is 125 Å². The number of rotatable bonds is 4. The number of aliphatic hydroxyl groups excluding tert-OH is 1. The largest absolute Gasteiger partial charge is 0.396 e. The minimum atomic E-state index is 0.263. The van der Waals surface area contributed by atoms with Crippen molar-refractivity contribution in [3.63, 3.8) is 0 Å². The number of aryl methyl sites for hydroxylation is 1. The molecule has 1 aromatic heterocycles. The first-order valence-electron chi connectivity index (χ1n) is 7.85. The number of hydrogen-bond acceptors (Lipinski definition) is 4. The van der Waals surface area contributed by atoms with Gasteiger partial charge in [-0.1, -0.05) is 24.6 Å². The standard InChI is InChI=1S/C17H23N3O/c1-13-15-7-2-3-8-16(15)19-17(18-13)12-20-10-5-4-6-14(20)9-11-21/h2-3,7-8,14,21H,4-6,9-12H2,1H3. The van der Waals surface area contributed by atoms with Crippen LogP contribution >= 0.6 is 0 Å². The van der Waals surface area contributed by atoms with Crippen LogP contribution in [0.25, 0.3) is 10.9 Å². The van der Waals surface area contributed by atoms with Crippen molar-refractivity contribution in [2.24, 2.45) is 0 Å². The highest BCUT2D eigenvalue weighted by molar-refractivity contribution is 5.80. The summed E-state index contributed by atoms with van der Waals surface area (Å²) in [4.78, 5) is 11.8. The zero-order valence-electron chi connectivity index (χ0n) is 12.6. The lowest BCUT2D eigenvalue weighted by Crippen LogP contribution is -2.39. The van der Waals surface area contributed by atoms with Gasteiger partial charge in [0.25, 0.3) is 0 Å². The molecule has 1 atom stereocenters. The maximum absolute atomic E-state index is 9.23. The van der Waals surface area contributed by atoms with Gasteiger partial charge in [0.1, 0.15) is 5.82 Å². The Balaban J connectivity index is 1.83. The summed E-state index contributed by atoms with van der Waals surface area (Å²) in [6, 6.07) is 8.65. The summed E-state index contributed by atoms with van der Waals surface area (Å²) in [5.41, 5.74) is 2.07. The van der Waals surface area contributed by atoms with Gasteiger partial charge in [-0.3, -0.25) is 4.90 Å². The second-order valence-corrected chi connectivity index (χ2v) is 5.87. The van der Waals surface area contributed by atoms with E-state index in [4.69, 9.17) is 4.98 Å². The van der Waals surface area contributed by atoms with Gasteiger partial charge in [-0.15, -0.1) is 0 Å². The van der Waals surface area contributed by atoms with Crippen LogP contribution < -0.4 is 0 Å². The number of para-hydroxylation sites is 1. The molecule has 0 bridgehead atoms. The number of aromatic nitrogens is 2. The maximum atomic E-state index is 9.23. The van der Waals surface area contributed by atoms with E-state index in [1.54, 1.807) is 0 Å². The molecular weight excluding hydrogens is 262 g/mol. The van der Waals surface area contributed by atoms with Crippen LogP contribution in [0.3, 0.4) is 0 Å². The van der Waals surface area contributed by atoms with E-state index in [1.165, 1.54) is 19.3 Å². The molecule has 1 aromatic carbocycles. The van der Waals surface area contributed by atoms with E-state index in [0.29, 0.717) is 6.04 Å². The average molecular weight is 285 g/mol. The van der Waals surface area contributed by atoms with Crippen molar-refractivity contribution in [3.05, 3.63) is 35.8 Å². The molecule has 0 radical (unpaired) electrons. The molecule has 0 spiro atoms. The second kappa shape index (κ2) is 6.50. The maximum Gasteiger partial charge on any atom is 0.143 e. The van der Waals surface area contributed by atoms with E-state index in [2.05, 4.69) is 28.9 Å². The summed E-state index contributed by atoms with van der Waals surface area (Å²) in [6.45, 7) is 4.18. The number of benzene rings is 1. The van der Waals surface area contributed by atoms with Crippen LogP contribution in [-0.4, -0.2) is 39.2 Å². The van der Waals surface area contributed by atoms with Crippen LogP contribution in [-0.2, 0) is 6.54 Å². The van der Waals surface area contributed by atoms with Crippen LogP contribution in [0.1, 0.15) is 37.2 Å². The molecule has 4 nitrogen and oxygen atoms in total. The van der Waals surface area contributed by atoms with E-state index in [0.717, 1.165) is 41.9 Å². The molecule has 1 aliphatic rings. The molecule has 0 saturated carbocycles. The summed E-state index contributed by atoms with van der Waals surface area (Å²) in [5, 5.41) is 10.4. The molecule has 112 valence electrons. The SMILES string of the molecule is Cc1nc(CN2CCCCC2CCO)nc2ccccc12. The molecule has 0 aliphatic carbocycles. The van der Waals surface area contributed by atoms with Crippen LogP contribution in [0.2, 0.25) is 0 Å². The summed E-state index contributed by atoms with van der Waals surface area (Å²) < 4.78 is 0. The third-order valence-electron chi connectivity index (χ3n) is 4.40. The van der Waals surface area contributed by atoms with Crippen molar-refractivity contribution >= 4 is 10.9 Å². The van der Waals surface area contributed by atoms with E-state index >= 15 is 0 Å². The molecular formula is C17H23N3O. The molecule has 1 fully saturated rings. The van der Waals surface area contributed by atoms with E-state index in [-0.39, 0.29) is 6.61 Å². The Morgan fingerprint density at radius 1 is 1.24 bits per heavy atom. The van der Waals surface area contributed by atoms with Crippen LogP contribution in [0.5, 0.6) is 0 Å². The number of aliphatic hydroxyl groups is 1. The zero-order valence-corrected chi connectivity index (χ0v) is 12.6. The lowest BCUT2D eigenvalue weighted by molar-refractivity contribution is 0.110. The summed E-state index contributed by atoms with van der Waals surface area (Å²) >= 11 is 0. The molecule has 1 N–H and O–H groups in total. The van der Waals surface area contributed by atoms with Gasteiger partial charge in [-0.05, 0) is 38.8 Å². The topological polar surface area (TPSA) is 49.2 Å². The number of nitrogens with zero attached hydrogens (tertiary/aromatic N) is 3. The minimum absolute atomic E-state index is 0.263. The average Bonchev–Trinajstić information content (AvgIpc) is 2.50. The predicted octanol–water partition coefficient (Wildman–Crippen LogP) is 2.68. The Hall–Kier alpha value is -1.52. The summed E-state index contributed by atoms with van der Waals surface area (Å²) in [5.74, 6) is 0.899. The van der Waals surface area contributed by atoms with Crippen molar-refractivity contribution in [1.29, 1.82) is 0 Å². The highest BCUT2D eigenvalue weighted by atomic mass is 16.3. The van der Waals surface area contributed by atoms with Gasteiger partial charge in [0, 0.05) is 23.7 Å². The first-order chi connectivity index (χ1) is 10.3. The van der Waals surface area contributed by atoms with Crippen molar-refractivity contribution in [1.82, 2.24) is 14.9 Å². The van der Waals surface area contributed by atoms with Crippen LogP contribution in [0, 0.1) is 6.92 Å². The van der Waals surface area contributed by atoms with Gasteiger partial charge >= 0.3 is 0 Å². The number of fused-ring (bicyclic) bond motifs is 1. The smallest absolute Gasteiger partial charge is 0.143 e. The number of hydrogen-bond donors (Lipinski definition) is 1. The highest BCUT2D eigenvalue weighted by Gasteiger charge is 2.22. The first-order valence-corrected chi connectivity index (χ1v) is 7.85. The van der Waals surface area contributed by atoms with Crippen molar-refractivity contribution in [3.8, 4) is 0 Å². The third kappa shape index (κ3) is 3.22. The molecule has 1 saturated heterocycles. The predicted molar refractivity (Wildman–Crippen MR) is 84.0 cm³/mol. The Bertz CT molecular complexity index is 612. The van der Waals surface area contributed by atoms with E-state index < -0.39 is 0 Å². The summed E-state index contributed by atoms with van der Waals surface area (Å²) in [6.07, 6.45) is 4.52.